The van der Waals surface area contributed by atoms with Gasteiger partial charge < -0.3 is 15.2 Å². The topological polar surface area (TPSA) is 59.0 Å². The van der Waals surface area contributed by atoms with Crippen LogP contribution in [-0.2, 0) is 11.3 Å². The predicted octanol–water partition coefficient (Wildman–Crippen LogP) is 1.17. The third-order valence-corrected chi connectivity index (χ3v) is 2.80. The van der Waals surface area contributed by atoms with Gasteiger partial charge in [-0.2, -0.15) is 0 Å². The molecule has 2 N–H and O–H groups in total. The van der Waals surface area contributed by atoms with E-state index in [2.05, 4.69) is 29.5 Å². The molecule has 0 aromatic carbocycles. The Morgan fingerprint density at radius 3 is 2.83 bits per heavy atom. The Labute approximate surface area is 109 Å². The van der Waals surface area contributed by atoms with Crippen molar-refractivity contribution in [3.05, 3.63) is 18.7 Å². The van der Waals surface area contributed by atoms with E-state index in [1.165, 1.54) is 0 Å². The number of imidazole rings is 1. The summed E-state index contributed by atoms with van der Waals surface area (Å²) in [5, 5.41) is 6.21. The number of nitrogens with one attached hydrogen (secondary N) is 2. The number of hydrogen-bond donors (Lipinski definition) is 2. The Bertz CT molecular complexity index is 337. The van der Waals surface area contributed by atoms with Crippen molar-refractivity contribution in [2.75, 3.05) is 6.54 Å². The average Bonchev–Trinajstić information content (AvgIpc) is 2.81. The molecule has 2 atom stereocenters. The van der Waals surface area contributed by atoms with Gasteiger partial charge in [-0.25, -0.2) is 4.98 Å². The zero-order valence-corrected chi connectivity index (χ0v) is 11.5. The van der Waals surface area contributed by atoms with Crippen LogP contribution in [0.5, 0.6) is 0 Å². The number of rotatable bonds is 8. The van der Waals surface area contributed by atoms with Crippen molar-refractivity contribution >= 4 is 5.91 Å². The lowest BCUT2D eigenvalue weighted by Crippen LogP contribution is -2.47. The molecule has 1 aromatic rings. The Morgan fingerprint density at radius 1 is 1.44 bits per heavy atom. The fourth-order valence-corrected chi connectivity index (χ4v) is 1.81. The lowest BCUT2D eigenvalue weighted by molar-refractivity contribution is -0.122. The van der Waals surface area contributed by atoms with Crippen LogP contribution in [0.4, 0.5) is 0 Å². The molecule has 1 amide bonds. The van der Waals surface area contributed by atoms with Crippen LogP contribution in [0.1, 0.15) is 33.6 Å². The lowest BCUT2D eigenvalue weighted by atomic mass is 10.2. The highest BCUT2D eigenvalue weighted by Gasteiger charge is 2.14. The van der Waals surface area contributed by atoms with Crippen LogP contribution >= 0.6 is 0 Å². The van der Waals surface area contributed by atoms with Gasteiger partial charge in [0.1, 0.15) is 0 Å². The van der Waals surface area contributed by atoms with Gasteiger partial charge in [-0.3, -0.25) is 4.79 Å². The van der Waals surface area contributed by atoms with Gasteiger partial charge in [-0.15, -0.1) is 0 Å². The summed E-state index contributed by atoms with van der Waals surface area (Å²) in [6.07, 6.45) is 7.59. The molecule has 1 aromatic heterocycles. The Balaban J connectivity index is 2.25. The van der Waals surface area contributed by atoms with Crippen molar-refractivity contribution < 1.29 is 4.79 Å². The molecule has 0 aliphatic rings. The highest BCUT2D eigenvalue weighted by Crippen LogP contribution is 1.94. The number of aromatic nitrogens is 2. The van der Waals surface area contributed by atoms with E-state index in [9.17, 15) is 4.79 Å². The highest BCUT2D eigenvalue weighted by atomic mass is 16.2. The zero-order chi connectivity index (χ0) is 13.4. The van der Waals surface area contributed by atoms with Gasteiger partial charge in [0.15, 0.2) is 0 Å². The SMILES string of the molecule is CCCCNC(=O)C(C)NC(C)Cn1ccnc1. The summed E-state index contributed by atoms with van der Waals surface area (Å²) >= 11 is 0. The molecule has 0 aliphatic heterocycles. The van der Waals surface area contributed by atoms with Crippen LogP contribution in [0.3, 0.4) is 0 Å². The summed E-state index contributed by atoms with van der Waals surface area (Å²) in [6.45, 7) is 7.65. The van der Waals surface area contributed by atoms with Crippen LogP contribution in [0.15, 0.2) is 18.7 Å². The molecular weight excluding hydrogens is 228 g/mol. The van der Waals surface area contributed by atoms with E-state index < -0.39 is 0 Å². The molecule has 1 heterocycles. The van der Waals surface area contributed by atoms with Crippen molar-refractivity contribution in [1.29, 1.82) is 0 Å². The van der Waals surface area contributed by atoms with Crippen LogP contribution < -0.4 is 10.6 Å². The molecule has 18 heavy (non-hydrogen) atoms. The van der Waals surface area contributed by atoms with Crippen molar-refractivity contribution in [3.8, 4) is 0 Å². The van der Waals surface area contributed by atoms with Crippen molar-refractivity contribution in [2.24, 2.45) is 0 Å². The van der Waals surface area contributed by atoms with E-state index in [0.29, 0.717) is 0 Å². The Kier molecular flexibility index (Phi) is 6.43. The van der Waals surface area contributed by atoms with Gasteiger partial charge in [0.2, 0.25) is 5.91 Å². The van der Waals surface area contributed by atoms with E-state index in [0.717, 1.165) is 25.9 Å². The molecule has 1 rings (SSSR count). The average molecular weight is 252 g/mol. The molecular formula is C13H24N4O. The third kappa shape index (κ3) is 5.31. The molecule has 2 unspecified atom stereocenters. The van der Waals surface area contributed by atoms with Crippen molar-refractivity contribution in [2.45, 2.75) is 52.2 Å². The van der Waals surface area contributed by atoms with Crippen molar-refractivity contribution in [3.63, 3.8) is 0 Å². The molecule has 0 aliphatic carbocycles. The molecule has 0 spiro atoms. The fourth-order valence-electron chi connectivity index (χ4n) is 1.81. The second-order valence-corrected chi connectivity index (χ2v) is 4.69. The van der Waals surface area contributed by atoms with E-state index >= 15 is 0 Å². The van der Waals surface area contributed by atoms with E-state index in [-0.39, 0.29) is 18.0 Å². The quantitative estimate of drug-likeness (QED) is 0.683. The van der Waals surface area contributed by atoms with Crippen LogP contribution in [0.2, 0.25) is 0 Å². The summed E-state index contributed by atoms with van der Waals surface area (Å²) in [5.74, 6) is 0.0703. The van der Waals surface area contributed by atoms with Gasteiger partial charge in [0.05, 0.1) is 12.4 Å². The predicted molar refractivity (Wildman–Crippen MR) is 72.2 cm³/mol. The summed E-state index contributed by atoms with van der Waals surface area (Å²) < 4.78 is 2.00. The first-order valence-electron chi connectivity index (χ1n) is 6.63. The smallest absolute Gasteiger partial charge is 0.236 e. The summed E-state index contributed by atoms with van der Waals surface area (Å²) in [7, 11) is 0. The first kappa shape index (κ1) is 14.7. The number of unbranched alkanes of at least 4 members (excludes halogenated alkanes) is 1. The molecule has 0 saturated heterocycles. The second kappa shape index (κ2) is 7.87. The minimum Gasteiger partial charge on any atom is -0.355 e. The standard InChI is InChI=1S/C13H24N4O/c1-4-5-6-15-13(18)12(3)16-11(2)9-17-8-7-14-10-17/h7-8,10-12,16H,4-6,9H2,1-3H3,(H,15,18). The van der Waals surface area contributed by atoms with E-state index in [1.807, 2.05) is 17.7 Å². The summed E-state index contributed by atoms with van der Waals surface area (Å²) in [4.78, 5) is 15.8. The van der Waals surface area contributed by atoms with Gasteiger partial charge in [-0.1, -0.05) is 13.3 Å². The zero-order valence-electron chi connectivity index (χ0n) is 11.5. The minimum absolute atomic E-state index is 0.0703. The fraction of sp³-hybridized carbons (Fsp3) is 0.692. The van der Waals surface area contributed by atoms with Crippen LogP contribution in [0.25, 0.3) is 0 Å². The number of amides is 1. The number of carbonyl (C=O) groups excluding carboxylic acids is 1. The van der Waals surface area contributed by atoms with Gasteiger partial charge >= 0.3 is 0 Å². The molecule has 5 heteroatoms. The third-order valence-electron chi connectivity index (χ3n) is 2.80. The number of carbonyl (C=O) groups is 1. The first-order valence-corrected chi connectivity index (χ1v) is 6.63. The molecule has 5 nitrogen and oxygen atoms in total. The Morgan fingerprint density at radius 2 is 2.22 bits per heavy atom. The summed E-state index contributed by atoms with van der Waals surface area (Å²) in [6, 6.07) is 0.0616. The molecule has 0 radical (unpaired) electrons. The van der Waals surface area contributed by atoms with E-state index in [1.54, 1.807) is 12.5 Å². The maximum Gasteiger partial charge on any atom is 0.236 e. The van der Waals surface area contributed by atoms with Gasteiger partial charge in [0.25, 0.3) is 0 Å². The second-order valence-electron chi connectivity index (χ2n) is 4.69. The maximum atomic E-state index is 11.8. The monoisotopic (exact) mass is 252 g/mol. The summed E-state index contributed by atoms with van der Waals surface area (Å²) in [5.41, 5.74) is 0. The highest BCUT2D eigenvalue weighted by molar-refractivity contribution is 5.81. The van der Waals surface area contributed by atoms with Gasteiger partial charge in [0, 0.05) is 31.5 Å². The largest absolute Gasteiger partial charge is 0.355 e. The van der Waals surface area contributed by atoms with Crippen LogP contribution in [-0.4, -0.2) is 34.1 Å². The van der Waals surface area contributed by atoms with E-state index in [4.69, 9.17) is 0 Å². The van der Waals surface area contributed by atoms with Crippen molar-refractivity contribution in [1.82, 2.24) is 20.2 Å². The first-order chi connectivity index (χ1) is 8.63. The normalized spacial score (nSPS) is 14.2. The number of nitrogens with zero attached hydrogens (tertiary/aromatic N) is 2. The Hall–Kier alpha value is -1.36. The van der Waals surface area contributed by atoms with Gasteiger partial charge in [-0.05, 0) is 20.3 Å². The molecule has 0 fully saturated rings. The number of hydrogen-bond acceptors (Lipinski definition) is 3. The van der Waals surface area contributed by atoms with Crippen LogP contribution in [0, 0.1) is 0 Å². The lowest BCUT2D eigenvalue weighted by Gasteiger charge is -2.19. The minimum atomic E-state index is -0.166. The maximum absolute atomic E-state index is 11.8. The molecule has 0 bridgehead atoms. The molecule has 102 valence electrons. The molecule has 0 saturated carbocycles.